The Morgan fingerprint density at radius 1 is 1.03 bits per heavy atom. The molecule has 5 nitrogen and oxygen atoms in total. The van der Waals surface area contributed by atoms with Crippen LogP contribution in [0.5, 0.6) is 5.75 Å². The smallest absolute Gasteiger partial charge is 0.387 e. The van der Waals surface area contributed by atoms with Crippen LogP contribution in [-0.4, -0.2) is 25.1 Å². The fourth-order valence-corrected chi connectivity index (χ4v) is 3.73. The summed E-state index contributed by atoms with van der Waals surface area (Å²) >= 11 is 2.84. The maximum Gasteiger partial charge on any atom is 0.387 e. The van der Waals surface area contributed by atoms with Gasteiger partial charge in [0.15, 0.2) is 6.61 Å². The van der Waals surface area contributed by atoms with Crippen molar-refractivity contribution in [2.75, 3.05) is 11.9 Å². The molecule has 0 aliphatic heterocycles. The molecule has 3 aromatic rings. The van der Waals surface area contributed by atoms with Gasteiger partial charge in [0.1, 0.15) is 5.75 Å². The highest BCUT2D eigenvalue weighted by Crippen LogP contribution is 2.27. The average molecular weight is 435 g/mol. The van der Waals surface area contributed by atoms with Crippen molar-refractivity contribution in [3.05, 3.63) is 69.0 Å². The lowest BCUT2D eigenvalue weighted by Crippen LogP contribution is -2.21. The van der Waals surface area contributed by atoms with Crippen molar-refractivity contribution in [1.29, 1.82) is 0 Å². The number of hydrogen-bond donors (Lipinski definition) is 1. The molecule has 0 fully saturated rings. The summed E-state index contributed by atoms with van der Waals surface area (Å²) in [6.07, 6.45) is 1.70. The van der Waals surface area contributed by atoms with Crippen LogP contribution in [0, 0.1) is 0 Å². The standard InChI is InChI=1S/C20H15F2NO4S2/c21-20(22)27-16-7-2-1-6-15(16)23-18(24)12-26-19(25)14(17-8-4-10-29-17)11-13-5-3-9-28-13/h1-11,20H,12H2,(H,23,24)/b14-11+. The molecule has 0 saturated carbocycles. The van der Waals surface area contributed by atoms with Crippen molar-refractivity contribution in [3.63, 3.8) is 0 Å². The molecular formula is C20H15F2NO4S2. The molecule has 0 radical (unpaired) electrons. The summed E-state index contributed by atoms with van der Waals surface area (Å²) < 4.78 is 34.4. The van der Waals surface area contributed by atoms with Crippen LogP contribution in [0.25, 0.3) is 11.6 Å². The molecule has 1 aromatic carbocycles. The maximum absolute atomic E-state index is 12.6. The van der Waals surface area contributed by atoms with E-state index in [0.29, 0.717) is 10.5 Å². The SMILES string of the molecule is O=C(COC(=O)/C(=C/c1cccs1)c1cccs1)Nc1ccccc1OC(F)F. The number of hydrogen-bond acceptors (Lipinski definition) is 6. The van der Waals surface area contributed by atoms with E-state index < -0.39 is 25.1 Å². The van der Waals surface area contributed by atoms with Crippen molar-refractivity contribution >= 4 is 51.9 Å². The number of thiophene rings is 2. The third kappa shape index (κ3) is 5.97. The predicted octanol–water partition coefficient (Wildman–Crippen LogP) is 5.13. The molecule has 2 aromatic heterocycles. The van der Waals surface area contributed by atoms with Gasteiger partial charge in [0, 0.05) is 9.75 Å². The number of esters is 1. The van der Waals surface area contributed by atoms with Crippen LogP contribution in [-0.2, 0) is 14.3 Å². The highest BCUT2D eigenvalue weighted by Gasteiger charge is 2.18. The molecule has 0 aliphatic carbocycles. The van der Waals surface area contributed by atoms with E-state index in [-0.39, 0.29) is 11.4 Å². The van der Waals surface area contributed by atoms with E-state index in [1.54, 1.807) is 18.2 Å². The van der Waals surface area contributed by atoms with Gasteiger partial charge in [0.2, 0.25) is 0 Å². The van der Waals surface area contributed by atoms with Crippen molar-refractivity contribution in [2.24, 2.45) is 0 Å². The molecular weight excluding hydrogens is 420 g/mol. The van der Waals surface area contributed by atoms with E-state index in [0.717, 1.165) is 4.88 Å². The van der Waals surface area contributed by atoms with Gasteiger partial charge in [0.25, 0.3) is 5.91 Å². The Labute approximate surface area is 173 Å². The second-order valence-electron chi connectivity index (χ2n) is 5.55. The normalized spacial score (nSPS) is 11.3. The maximum atomic E-state index is 12.6. The van der Waals surface area contributed by atoms with E-state index >= 15 is 0 Å². The fourth-order valence-electron chi connectivity index (χ4n) is 2.34. The fraction of sp³-hybridized carbons (Fsp3) is 0.100. The first-order chi connectivity index (χ1) is 14.0. The van der Waals surface area contributed by atoms with Gasteiger partial charge in [-0.2, -0.15) is 8.78 Å². The molecule has 1 amide bonds. The molecule has 2 heterocycles. The summed E-state index contributed by atoms with van der Waals surface area (Å²) in [6, 6.07) is 13.1. The van der Waals surface area contributed by atoms with E-state index in [4.69, 9.17) is 4.74 Å². The minimum atomic E-state index is -3.03. The number of benzene rings is 1. The number of amides is 1. The molecule has 0 unspecified atom stereocenters. The summed E-state index contributed by atoms with van der Waals surface area (Å²) in [5, 5.41) is 6.12. The number of carbonyl (C=O) groups excluding carboxylic acids is 2. The highest BCUT2D eigenvalue weighted by atomic mass is 32.1. The summed E-state index contributed by atoms with van der Waals surface area (Å²) in [4.78, 5) is 26.3. The first kappa shape index (κ1) is 20.7. The Hall–Kier alpha value is -3.04. The minimum absolute atomic E-state index is 0.0569. The van der Waals surface area contributed by atoms with Gasteiger partial charge in [-0.05, 0) is 41.1 Å². The average Bonchev–Trinajstić information content (AvgIpc) is 3.39. The van der Waals surface area contributed by atoms with Gasteiger partial charge in [-0.15, -0.1) is 22.7 Å². The number of rotatable bonds is 8. The van der Waals surface area contributed by atoms with Crippen LogP contribution in [0.1, 0.15) is 9.75 Å². The minimum Gasteiger partial charge on any atom is -0.452 e. The summed E-state index contributed by atoms with van der Waals surface area (Å²) in [7, 11) is 0. The number of nitrogens with one attached hydrogen (secondary N) is 1. The summed E-state index contributed by atoms with van der Waals surface area (Å²) in [6.45, 7) is -3.60. The summed E-state index contributed by atoms with van der Waals surface area (Å²) in [5.74, 6) is -1.52. The van der Waals surface area contributed by atoms with Crippen LogP contribution in [0.2, 0.25) is 0 Å². The van der Waals surface area contributed by atoms with Crippen LogP contribution in [0.15, 0.2) is 59.3 Å². The molecule has 0 spiro atoms. The Balaban J connectivity index is 1.65. The lowest BCUT2D eigenvalue weighted by Gasteiger charge is -2.12. The molecule has 0 bridgehead atoms. The van der Waals surface area contributed by atoms with Crippen molar-refractivity contribution in [2.45, 2.75) is 6.61 Å². The van der Waals surface area contributed by atoms with E-state index in [9.17, 15) is 18.4 Å². The van der Waals surface area contributed by atoms with Gasteiger partial charge >= 0.3 is 12.6 Å². The van der Waals surface area contributed by atoms with Crippen molar-refractivity contribution < 1.29 is 27.8 Å². The lowest BCUT2D eigenvalue weighted by molar-refractivity contribution is -0.141. The van der Waals surface area contributed by atoms with Crippen molar-refractivity contribution in [3.8, 4) is 5.75 Å². The van der Waals surface area contributed by atoms with Gasteiger partial charge in [-0.25, -0.2) is 4.79 Å². The molecule has 29 heavy (non-hydrogen) atoms. The number of carbonyl (C=O) groups is 2. The second-order valence-corrected chi connectivity index (χ2v) is 7.48. The van der Waals surface area contributed by atoms with Gasteiger partial charge in [0.05, 0.1) is 11.3 Å². The van der Waals surface area contributed by atoms with Crippen LogP contribution >= 0.6 is 22.7 Å². The Bertz CT molecular complexity index is 986. The number of alkyl halides is 2. The third-order valence-corrected chi connectivity index (χ3v) is 5.27. The van der Waals surface area contributed by atoms with Crippen LogP contribution < -0.4 is 10.1 Å². The van der Waals surface area contributed by atoms with Crippen molar-refractivity contribution in [1.82, 2.24) is 0 Å². The predicted molar refractivity (Wildman–Crippen MR) is 109 cm³/mol. The van der Waals surface area contributed by atoms with Crippen LogP contribution in [0.4, 0.5) is 14.5 Å². The Kier molecular flexibility index (Phi) is 7.09. The second kappa shape index (κ2) is 9.94. The topological polar surface area (TPSA) is 64.6 Å². The number of para-hydroxylation sites is 2. The largest absolute Gasteiger partial charge is 0.452 e. The zero-order valence-corrected chi connectivity index (χ0v) is 16.5. The zero-order chi connectivity index (χ0) is 20.6. The molecule has 150 valence electrons. The Morgan fingerprint density at radius 3 is 2.48 bits per heavy atom. The van der Waals surface area contributed by atoms with E-state index in [1.165, 1.54) is 40.9 Å². The van der Waals surface area contributed by atoms with Gasteiger partial charge in [-0.1, -0.05) is 24.3 Å². The summed E-state index contributed by atoms with van der Waals surface area (Å²) in [5.41, 5.74) is 0.387. The molecule has 0 aliphatic rings. The number of ether oxygens (including phenoxy) is 2. The lowest BCUT2D eigenvalue weighted by atomic mass is 10.2. The van der Waals surface area contributed by atoms with E-state index in [1.807, 2.05) is 29.0 Å². The molecule has 0 atom stereocenters. The van der Waals surface area contributed by atoms with Gasteiger partial charge < -0.3 is 14.8 Å². The Morgan fingerprint density at radius 2 is 1.79 bits per heavy atom. The quantitative estimate of drug-likeness (QED) is 0.393. The van der Waals surface area contributed by atoms with Crippen LogP contribution in [0.3, 0.4) is 0 Å². The zero-order valence-electron chi connectivity index (χ0n) is 14.8. The molecule has 3 rings (SSSR count). The third-order valence-electron chi connectivity index (χ3n) is 3.55. The molecule has 0 saturated heterocycles. The highest BCUT2D eigenvalue weighted by molar-refractivity contribution is 7.12. The first-order valence-electron chi connectivity index (χ1n) is 8.33. The first-order valence-corrected chi connectivity index (χ1v) is 10.1. The number of halogens is 2. The molecule has 9 heteroatoms. The number of anilines is 1. The van der Waals surface area contributed by atoms with E-state index in [2.05, 4.69) is 10.1 Å². The van der Waals surface area contributed by atoms with Gasteiger partial charge in [-0.3, -0.25) is 4.79 Å². The monoisotopic (exact) mass is 435 g/mol. The molecule has 1 N–H and O–H groups in total.